The molecule has 21 nitrogen and oxygen atoms in total. The SMILES string of the molecule is C[C@@H](O)C1C(=O)NC(C(=O)N[C@H](C(N)=O)[C@@H](C)O)CSSC[C@H](NC(=O)[C@H](N)Cc2ccccc2)C(=O)NC(Cc2ccccc2)C(=O)N[C@H](Cc2c[nH]c3ccccc23)C(=O)N[C@@H](CCCCN)C(=O)N1C. The summed E-state index contributed by atoms with van der Waals surface area (Å²) in [6.07, 6.45) is -0.513. The smallest absolute Gasteiger partial charge is 0.246 e. The molecule has 0 bridgehead atoms. The fourth-order valence-electron chi connectivity index (χ4n) is 8.24. The van der Waals surface area contributed by atoms with Gasteiger partial charge in [0.1, 0.15) is 42.3 Å². The maximum atomic E-state index is 14.8. The summed E-state index contributed by atoms with van der Waals surface area (Å²) < 4.78 is 0. The van der Waals surface area contributed by atoms with E-state index in [1.807, 2.05) is 30.3 Å². The van der Waals surface area contributed by atoms with Gasteiger partial charge in [0, 0.05) is 48.5 Å². The number of aromatic nitrogens is 1. The molecule has 1 fully saturated rings. The summed E-state index contributed by atoms with van der Waals surface area (Å²) in [4.78, 5) is 117. The van der Waals surface area contributed by atoms with Gasteiger partial charge in [-0.1, -0.05) is 100 Å². The van der Waals surface area contributed by atoms with Gasteiger partial charge in [0.2, 0.25) is 47.3 Å². The molecule has 73 heavy (non-hydrogen) atoms. The van der Waals surface area contributed by atoms with Gasteiger partial charge in [-0.05, 0) is 68.8 Å². The number of H-pyrrole nitrogens is 1. The Hall–Kier alpha value is -6.50. The van der Waals surface area contributed by atoms with Crippen LogP contribution in [0.4, 0.5) is 0 Å². The van der Waals surface area contributed by atoms with Gasteiger partial charge < -0.3 is 69.2 Å². The van der Waals surface area contributed by atoms with Crippen molar-refractivity contribution in [3.8, 4) is 0 Å². The third-order valence-corrected chi connectivity index (χ3v) is 14.7. The van der Waals surface area contributed by atoms with E-state index in [1.165, 1.54) is 20.9 Å². The van der Waals surface area contributed by atoms with Crippen LogP contribution in [0.3, 0.4) is 0 Å². The zero-order valence-corrected chi connectivity index (χ0v) is 42.6. The van der Waals surface area contributed by atoms with E-state index in [-0.39, 0.29) is 43.7 Å². The van der Waals surface area contributed by atoms with Gasteiger partial charge in [-0.25, -0.2) is 0 Å². The number of likely N-dealkylation sites (N-methyl/N-ethyl adjacent to an activating group) is 1. The number of carbonyl (C=O) groups excluding carboxylic acids is 8. The molecule has 5 rings (SSSR count). The van der Waals surface area contributed by atoms with Crippen molar-refractivity contribution in [3.63, 3.8) is 0 Å². The zero-order valence-electron chi connectivity index (χ0n) is 41.0. The van der Waals surface area contributed by atoms with Crippen LogP contribution >= 0.6 is 21.6 Å². The molecule has 2 heterocycles. The molecule has 394 valence electrons. The Balaban J connectivity index is 1.59. The molecule has 3 aromatic carbocycles. The monoisotopic (exact) mass is 1050 g/mol. The fraction of sp³-hybridized carbons (Fsp3) is 0.440. The third kappa shape index (κ3) is 16.8. The summed E-state index contributed by atoms with van der Waals surface area (Å²) in [7, 11) is 3.23. The number of nitrogens with one attached hydrogen (secondary N) is 7. The number of para-hydroxylation sites is 1. The van der Waals surface area contributed by atoms with Crippen LogP contribution in [0.1, 0.15) is 49.8 Å². The molecule has 10 atom stereocenters. The van der Waals surface area contributed by atoms with Crippen molar-refractivity contribution in [3.05, 3.63) is 108 Å². The first-order valence-corrected chi connectivity index (χ1v) is 26.4. The van der Waals surface area contributed by atoms with E-state index in [2.05, 4.69) is 36.9 Å². The van der Waals surface area contributed by atoms with Crippen LogP contribution in [-0.4, -0.2) is 153 Å². The van der Waals surface area contributed by atoms with Crippen LogP contribution in [0.15, 0.2) is 91.1 Å². The predicted octanol–water partition coefficient (Wildman–Crippen LogP) is -0.970. The Kier molecular flexibility index (Phi) is 22.1. The summed E-state index contributed by atoms with van der Waals surface area (Å²) in [5, 5.41) is 38.2. The Morgan fingerprint density at radius 3 is 1.97 bits per heavy atom. The van der Waals surface area contributed by atoms with E-state index in [4.69, 9.17) is 17.2 Å². The Morgan fingerprint density at radius 2 is 1.34 bits per heavy atom. The molecule has 0 spiro atoms. The maximum Gasteiger partial charge on any atom is 0.246 e. The average Bonchev–Trinajstić information content (AvgIpc) is 3.77. The second-order valence-corrected chi connectivity index (χ2v) is 20.5. The lowest BCUT2D eigenvalue weighted by Crippen LogP contribution is -2.63. The van der Waals surface area contributed by atoms with E-state index in [0.717, 1.165) is 43.0 Å². The number of primary amides is 1. The summed E-state index contributed by atoms with van der Waals surface area (Å²) in [6.45, 7) is 2.74. The second-order valence-electron chi connectivity index (χ2n) is 18.0. The quantitative estimate of drug-likeness (QED) is 0.0448. The van der Waals surface area contributed by atoms with E-state index >= 15 is 0 Å². The van der Waals surface area contributed by atoms with Gasteiger partial charge in [0.15, 0.2) is 0 Å². The number of carbonyl (C=O) groups is 8. The molecule has 23 heteroatoms. The molecule has 8 amide bonds. The number of hydrogen-bond donors (Lipinski definition) is 12. The van der Waals surface area contributed by atoms with Crippen molar-refractivity contribution in [2.75, 3.05) is 25.1 Å². The summed E-state index contributed by atoms with van der Waals surface area (Å²) in [5.74, 6) is -7.35. The van der Waals surface area contributed by atoms with Crippen molar-refractivity contribution in [2.45, 2.75) is 113 Å². The minimum Gasteiger partial charge on any atom is -0.391 e. The number of nitrogens with two attached hydrogens (primary N) is 3. The molecular formula is C50H67N11O10S2. The van der Waals surface area contributed by atoms with Crippen molar-refractivity contribution in [1.82, 2.24) is 41.8 Å². The predicted molar refractivity (Wildman–Crippen MR) is 279 cm³/mol. The Bertz CT molecular complexity index is 2520. The van der Waals surface area contributed by atoms with Crippen LogP contribution in [0.5, 0.6) is 0 Å². The molecule has 15 N–H and O–H groups in total. The van der Waals surface area contributed by atoms with Crippen molar-refractivity contribution in [1.29, 1.82) is 0 Å². The van der Waals surface area contributed by atoms with E-state index in [1.54, 1.807) is 60.8 Å². The highest BCUT2D eigenvalue weighted by Crippen LogP contribution is 2.25. The number of aliphatic hydroxyl groups is 2. The minimum atomic E-state index is -1.66. The lowest BCUT2D eigenvalue weighted by Gasteiger charge is -2.34. The highest BCUT2D eigenvalue weighted by Gasteiger charge is 2.39. The van der Waals surface area contributed by atoms with Gasteiger partial charge in [-0.15, -0.1) is 0 Å². The standard InChI is InChI=1S/C50H67N11O10S2/c1-28(62)41(43(53)64)60-48(69)40-27-73-72-26-39(58-44(65)34(52)22-30-14-6-4-7-15-30)47(68)56-37(23-31-16-8-5-9-17-31)45(66)57-38(24-32-25-54-35-19-11-10-18-33(32)35)46(67)55-36(20-12-13-21-51)50(71)61(3)42(29(2)63)49(70)59-40/h4-11,14-19,25,28-29,34,36-42,54,62-63H,12-13,20-24,26-27,51-52H2,1-3H3,(H2,53,64)(H,55,67)(H,56,68)(H,57,66)(H,58,65)(H,59,70)(H,60,69)/t28-,29-,34-,36+,37?,38-,39+,40?,41+,42?/m1/s1. The van der Waals surface area contributed by atoms with Crippen LogP contribution in [0.2, 0.25) is 0 Å². The van der Waals surface area contributed by atoms with Gasteiger partial charge in [0.05, 0.1) is 18.2 Å². The van der Waals surface area contributed by atoms with Crippen LogP contribution < -0.4 is 49.1 Å². The first-order chi connectivity index (χ1) is 34.9. The lowest BCUT2D eigenvalue weighted by molar-refractivity contribution is -0.146. The van der Waals surface area contributed by atoms with Crippen LogP contribution in [-0.2, 0) is 57.6 Å². The van der Waals surface area contributed by atoms with E-state index in [9.17, 15) is 48.6 Å². The van der Waals surface area contributed by atoms with E-state index in [0.29, 0.717) is 24.0 Å². The first-order valence-electron chi connectivity index (χ1n) is 24.0. The number of benzene rings is 3. The number of amides is 8. The third-order valence-electron chi connectivity index (χ3n) is 12.2. The Morgan fingerprint density at radius 1 is 0.753 bits per heavy atom. The summed E-state index contributed by atoms with van der Waals surface area (Å²) >= 11 is 0. The molecule has 1 aliphatic rings. The molecule has 0 radical (unpaired) electrons. The highest BCUT2D eigenvalue weighted by atomic mass is 33.1. The number of fused-ring (bicyclic) bond motifs is 1. The molecule has 1 aliphatic heterocycles. The van der Waals surface area contributed by atoms with Gasteiger partial charge in [-0.2, -0.15) is 0 Å². The maximum absolute atomic E-state index is 14.8. The van der Waals surface area contributed by atoms with Gasteiger partial charge in [-0.3, -0.25) is 38.4 Å². The second kappa shape index (κ2) is 28.1. The van der Waals surface area contributed by atoms with Crippen LogP contribution in [0.25, 0.3) is 10.9 Å². The molecule has 0 saturated carbocycles. The molecule has 1 aromatic heterocycles. The largest absolute Gasteiger partial charge is 0.391 e. The molecular weight excluding hydrogens is 979 g/mol. The molecule has 0 aliphatic carbocycles. The number of unbranched alkanes of at least 4 members (excludes halogenated alkanes) is 1. The average molecular weight is 1050 g/mol. The number of hydrogen-bond acceptors (Lipinski definition) is 14. The first kappa shape index (κ1) is 57.4. The number of aromatic amines is 1. The number of nitrogens with zero attached hydrogens (tertiary/aromatic N) is 1. The van der Waals surface area contributed by atoms with Crippen molar-refractivity contribution in [2.24, 2.45) is 17.2 Å². The minimum absolute atomic E-state index is 0.0234. The topological polar surface area (TPSA) is 346 Å². The zero-order chi connectivity index (χ0) is 53.2. The summed E-state index contributed by atoms with van der Waals surface area (Å²) in [5.41, 5.74) is 20.5. The van der Waals surface area contributed by atoms with Crippen LogP contribution in [0, 0.1) is 0 Å². The molecule has 4 aromatic rings. The summed E-state index contributed by atoms with van der Waals surface area (Å²) in [6, 6.07) is 13.9. The normalized spacial score (nSPS) is 22.6. The fourth-order valence-corrected chi connectivity index (χ4v) is 10.6. The molecule has 3 unspecified atom stereocenters. The lowest BCUT2D eigenvalue weighted by atomic mass is 10.0. The van der Waals surface area contributed by atoms with Crippen molar-refractivity contribution >= 4 is 79.7 Å². The Labute approximate surface area is 431 Å². The highest BCUT2D eigenvalue weighted by molar-refractivity contribution is 8.76. The molecule has 1 saturated heterocycles. The number of rotatable bonds is 17. The van der Waals surface area contributed by atoms with Gasteiger partial charge >= 0.3 is 0 Å². The van der Waals surface area contributed by atoms with Gasteiger partial charge in [0.25, 0.3) is 0 Å². The van der Waals surface area contributed by atoms with E-state index < -0.39 is 108 Å². The number of aliphatic hydroxyl groups excluding tert-OH is 2. The van der Waals surface area contributed by atoms with Crippen molar-refractivity contribution < 1.29 is 48.6 Å².